The summed E-state index contributed by atoms with van der Waals surface area (Å²) in [4.78, 5) is 18.5. The second-order valence-corrected chi connectivity index (χ2v) is 7.84. The van der Waals surface area contributed by atoms with E-state index >= 15 is 0 Å². The number of nitrogens with one attached hydrogen (secondary N) is 2. The van der Waals surface area contributed by atoms with Gasteiger partial charge < -0.3 is 24.7 Å². The van der Waals surface area contributed by atoms with Crippen LogP contribution in [0, 0.1) is 0 Å². The van der Waals surface area contributed by atoms with Crippen molar-refractivity contribution < 1.29 is 14.3 Å². The highest BCUT2D eigenvalue weighted by atomic mass is 35.5. The first-order valence-corrected chi connectivity index (χ1v) is 10.5. The number of amides is 2. The molecule has 0 unspecified atom stereocenters. The molecule has 1 atom stereocenters. The quantitative estimate of drug-likeness (QED) is 0.568. The topological polar surface area (TPSA) is 66.6 Å². The van der Waals surface area contributed by atoms with Crippen LogP contribution in [0.1, 0.15) is 29.3 Å². The predicted octanol–water partition coefficient (Wildman–Crippen LogP) is 4.52. The van der Waals surface area contributed by atoms with Crippen LogP contribution in [0.25, 0.3) is 10.9 Å². The Morgan fingerprint density at radius 1 is 1.23 bits per heavy atom. The monoisotopic (exact) mass is 427 g/mol. The third-order valence-corrected chi connectivity index (χ3v) is 5.82. The van der Waals surface area contributed by atoms with Crippen LogP contribution in [0.2, 0.25) is 5.02 Å². The second-order valence-electron chi connectivity index (χ2n) is 7.40. The SMILES string of the molecule is COCCCNC(=O)N1CCc2c([nH]c3ccc(Cl)cc23)[C@H]1c1ccc(OC)cc1. The molecule has 1 aromatic heterocycles. The van der Waals surface area contributed by atoms with Crippen LogP contribution in [0.3, 0.4) is 0 Å². The molecule has 1 aliphatic heterocycles. The van der Waals surface area contributed by atoms with E-state index in [4.69, 9.17) is 21.1 Å². The summed E-state index contributed by atoms with van der Waals surface area (Å²) in [5.74, 6) is 0.786. The van der Waals surface area contributed by atoms with Gasteiger partial charge in [0.05, 0.1) is 13.2 Å². The van der Waals surface area contributed by atoms with Gasteiger partial charge in [0.2, 0.25) is 0 Å². The van der Waals surface area contributed by atoms with Crippen LogP contribution >= 0.6 is 11.6 Å². The van der Waals surface area contributed by atoms with Gasteiger partial charge in [-0.25, -0.2) is 4.79 Å². The molecule has 2 aromatic carbocycles. The maximum Gasteiger partial charge on any atom is 0.318 e. The van der Waals surface area contributed by atoms with Crippen molar-refractivity contribution in [3.05, 3.63) is 64.3 Å². The molecule has 158 valence electrons. The van der Waals surface area contributed by atoms with Crippen molar-refractivity contribution in [1.82, 2.24) is 15.2 Å². The molecule has 0 radical (unpaired) electrons. The van der Waals surface area contributed by atoms with Gasteiger partial charge in [0.15, 0.2) is 0 Å². The molecule has 2 heterocycles. The summed E-state index contributed by atoms with van der Waals surface area (Å²) < 4.78 is 10.4. The Bertz CT molecular complexity index is 1030. The number of methoxy groups -OCH3 is 2. The summed E-state index contributed by atoms with van der Waals surface area (Å²) >= 11 is 6.25. The number of carbonyl (C=O) groups is 1. The summed E-state index contributed by atoms with van der Waals surface area (Å²) in [6.45, 7) is 1.82. The van der Waals surface area contributed by atoms with Crippen molar-refractivity contribution in [2.75, 3.05) is 33.9 Å². The summed E-state index contributed by atoms with van der Waals surface area (Å²) in [7, 11) is 3.31. The lowest BCUT2D eigenvalue weighted by molar-refractivity contribution is 0.173. The minimum atomic E-state index is -0.215. The Balaban J connectivity index is 1.72. The number of H-pyrrole nitrogens is 1. The summed E-state index contributed by atoms with van der Waals surface area (Å²) in [6, 6.07) is 13.5. The predicted molar refractivity (Wildman–Crippen MR) is 118 cm³/mol. The van der Waals surface area contributed by atoms with Gasteiger partial charge in [-0.2, -0.15) is 0 Å². The molecule has 30 heavy (non-hydrogen) atoms. The van der Waals surface area contributed by atoms with E-state index in [1.165, 1.54) is 5.56 Å². The molecule has 0 saturated carbocycles. The smallest absolute Gasteiger partial charge is 0.318 e. The number of fused-ring (bicyclic) bond motifs is 3. The molecule has 3 aromatic rings. The molecule has 7 heteroatoms. The van der Waals surface area contributed by atoms with Gasteiger partial charge in [0, 0.05) is 48.4 Å². The summed E-state index contributed by atoms with van der Waals surface area (Å²) in [5.41, 5.74) is 4.32. The molecule has 0 aliphatic carbocycles. The Morgan fingerprint density at radius 2 is 2.03 bits per heavy atom. The van der Waals surface area contributed by atoms with Crippen molar-refractivity contribution in [3.8, 4) is 5.75 Å². The average Bonchev–Trinajstić information content (AvgIpc) is 3.14. The van der Waals surface area contributed by atoms with Crippen molar-refractivity contribution in [2.45, 2.75) is 18.9 Å². The van der Waals surface area contributed by atoms with Gasteiger partial charge in [-0.05, 0) is 54.3 Å². The Morgan fingerprint density at radius 3 is 2.77 bits per heavy atom. The minimum Gasteiger partial charge on any atom is -0.497 e. The number of hydrogen-bond donors (Lipinski definition) is 2. The third-order valence-electron chi connectivity index (χ3n) is 5.58. The first-order chi connectivity index (χ1) is 14.6. The molecule has 2 amide bonds. The minimum absolute atomic E-state index is 0.0748. The number of benzene rings is 2. The van der Waals surface area contributed by atoms with Gasteiger partial charge in [0.1, 0.15) is 5.75 Å². The van der Waals surface area contributed by atoms with Gasteiger partial charge in [-0.15, -0.1) is 0 Å². The molecule has 0 fully saturated rings. The fraction of sp³-hybridized carbons (Fsp3) is 0.348. The van der Waals surface area contributed by atoms with E-state index in [9.17, 15) is 4.79 Å². The van der Waals surface area contributed by atoms with Crippen molar-refractivity contribution >= 4 is 28.5 Å². The van der Waals surface area contributed by atoms with Crippen molar-refractivity contribution in [3.63, 3.8) is 0 Å². The van der Waals surface area contributed by atoms with Gasteiger partial charge in [0.25, 0.3) is 0 Å². The van der Waals surface area contributed by atoms with E-state index in [-0.39, 0.29) is 12.1 Å². The molecule has 0 saturated heterocycles. The van der Waals surface area contributed by atoms with Crippen LogP contribution in [0.5, 0.6) is 5.75 Å². The molecular formula is C23H26ClN3O3. The molecule has 0 spiro atoms. The van der Waals surface area contributed by atoms with Crippen molar-refractivity contribution in [1.29, 1.82) is 0 Å². The molecule has 4 rings (SSSR count). The highest BCUT2D eigenvalue weighted by Gasteiger charge is 2.34. The number of aromatic nitrogens is 1. The van der Waals surface area contributed by atoms with Crippen LogP contribution in [-0.4, -0.2) is 49.8 Å². The lowest BCUT2D eigenvalue weighted by Crippen LogP contribution is -2.46. The molecule has 1 aliphatic rings. The normalized spacial score (nSPS) is 15.8. The Labute approximate surface area is 181 Å². The number of nitrogens with zero attached hydrogens (tertiary/aromatic N) is 1. The average molecular weight is 428 g/mol. The largest absolute Gasteiger partial charge is 0.497 e. The fourth-order valence-corrected chi connectivity index (χ4v) is 4.30. The summed E-state index contributed by atoms with van der Waals surface area (Å²) in [6.07, 6.45) is 1.55. The van der Waals surface area contributed by atoms with Crippen LogP contribution in [0.4, 0.5) is 4.79 Å². The number of aromatic amines is 1. The maximum absolute atomic E-state index is 13.1. The molecular weight excluding hydrogens is 402 g/mol. The van der Waals surface area contributed by atoms with E-state index in [2.05, 4.69) is 10.3 Å². The number of halogens is 1. The Kier molecular flexibility index (Phi) is 6.16. The molecule has 0 bridgehead atoms. The molecule has 2 N–H and O–H groups in total. The summed E-state index contributed by atoms with van der Waals surface area (Å²) in [5, 5.41) is 4.86. The van der Waals surface area contributed by atoms with Gasteiger partial charge in [-0.1, -0.05) is 23.7 Å². The zero-order chi connectivity index (χ0) is 21.1. The maximum atomic E-state index is 13.1. The highest BCUT2D eigenvalue weighted by molar-refractivity contribution is 6.31. The van der Waals surface area contributed by atoms with Crippen LogP contribution in [0.15, 0.2) is 42.5 Å². The highest BCUT2D eigenvalue weighted by Crippen LogP contribution is 2.39. The van der Waals surface area contributed by atoms with Gasteiger partial charge in [-0.3, -0.25) is 0 Å². The zero-order valence-electron chi connectivity index (χ0n) is 17.2. The van der Waals surface area contributed by atoms with E-state index < -0.39 is 0 Å². The lowest BCUT2D eigenvalue weighted by atomic mass is 9.92. The van der Waals surface area contributed by atoms with Crippen LogP contribution in [-0.2, 0) is 11.2 Å². The first kappa shape index (κ1) is 20.6. The fourth-order valence-electron chi connectivity index (χ4n) is 4.13. The second kappa shape index (κ2) is 8.98. The van der Waals surface area contributed by atoms with Gasteiger partial charge >= 0.3 is 6.03 Å². The van der Waals surface area contributed by atoms with E-state index in [0.717, 1.165) is 40.8 Å². The number of urea groups is 1. The van der Waals surface area contributed by atoms with E-state index in [1.54, 1.807) is 14.2 Å². The molecule has 6 nitrogen and oxygen atoms in total. The number of ether oxygens (including phenoxy) is 2. The van der Waals surface area contributed by atoms with E-state index in [0.29, 0.717) is 24.7 Å². The lowest BCUT2D eigenvalue weighted by Gasteiger charge is -2.36. The zero-order valence-corrected chi connectivity index (χ0v) is 18.0. The first-order valence-electron chi connectivity index (χ1n) is 10.1. The standard InChI is InChI=1S/C23H26ClN3O3/c1-29-13-3-11-25-23(28)27-12-10-18-19-14-16(24)6-9-20(19)26-21(18)22(27)15-4-7-17(30-2)8-5-15/h4-9,14,22,26H,3,10-13H2,1-2H3,(H,25,28)/t22-/m1/s1. The number of rotatable bonds is 6. The van der Waals surface area contributed by atoms with Crippen LogP contribution < -0.4 is 10.1 Å². The number of carbonyl (C=O) groups excluding carboxylic acids is 1. The van der Waals surface area contributed by atoms with Crippen molar-refractivity contribution in [2.24, 2.45) is 0 Å². The Hall–Kier alpha value is -2.70. The van der Waals surface area contributed by atoms with E-state index in [1.807, 2.05) is 47.4 Å². The number of hydrogen-bond acceptors (Lipinski definition) is 3. The third kappa shape index (κ3) is 3.98.